The van der Waals surface area contributed by atoms with Gasteiger partial charge in [0.05, 0.1) is 0 Å². The molecule has 0 spiro atoms. The molecule has 0 aromatic heterocycles. The molecule has 7 heteroatoms. The van der Waals surface area contributed by atoms with E-state index in [-0.39, 0.29) is 23.9 Å². The van der Waals surface area contributed by atoms with Crippen molar-refractivity contribution in [2.24, 2.45) is 0 Å². The molecule has 0 bridgehead atoms. The zero-order valence-corrected chi connectivity index (χ0v) is 15.0. The van der Waals surface area contributed by atoms with Gasteiger partial charge in [0.2, 0.25) is 11.8 Å². The minimum absolute atomic E-state index is 0.00505. The molecule has 1 aromatic carbocycles. The molecule has 0 radical (unpaired) electrons. The monoisotopic (exact) mass is 356 g/mol. The molecule has 3 aliphatic rings. The molecule has 1 unspecified atom stereocenters. The molecule has 138 valence electrons. The number of hydrogen-bond donors (Lipinski definition) is 1. The van der Waals surface area contributed by atoms with Gasteiger partial charge >= 0.3 is 6.03 Å². The molecule has 26 heavy (non-hydrogen) atoms. The van der Waals surface area contributed by atoms with Gasteiger partial charge in [-0.2, -0.15) is 0 Å². The second-order valence-corrected chi connectivity index (χ2v) is 7.24. The number of anilines is 2. The third kappa shape index (κ3) is 2.91. The Labute approximate surface area is 152 Å². The fourth-order valence-corrected chi connectivity index (χ4v) is 4.10. The Morgan fingerprint density at radius 2 is 2.00 bits per heavy atom. The van der Waals surface area contributed by atoms with Crippen LogP contribution in [0.25, 0.3) is 0 Å². The molecule has 2 fully saturated rings. The Morgan fingerprint density at radius 1 is 1.15 bits per heavy atom. The summed E-state index contributed by atoms with van der Waals surface area (Å²) in [7, 11) is 0. The summed E-state index contributed by atoms with van der Waals surface area (Å²) in [6.45, 7) is 4.34. The molecule has 4 amide bonds. The van der Waals surface area contributed by atoms with Gasteiger partial charge in [-0.3, -0.25) is 14.5 Å². The first kappa shape index (κ1) is 16.9. The number of carbonyl (C=O) groups is 3. The third-order valence-electron chi connectivity index (χ3n) is 5.51. The van der Waals surface area contributed by atoms with E-state index >= 15 is 0 Å². The van der Waals surface area contributed by atoms with Gasteiger partial charge in [0.15, 0.2) is 0 Å². The Kier molecular flexibility index (Phi) is 4.30. The van der Waals surface area contributed by atoms with Crippen LogP contribution >= 0.6 is 0 Å². The second-order valence-electron chi connectivity index (χ2n) is 7.24. The van der Waals surface area contributed by atoms with Crippen molar-refractivity contribution < 1.29 is 14.4 Å². The summed E-state index contributed by atoms with van der Waals surface area (Å²) in [4.78, 5) is 42.1. The molecule has 1 aromatic rings. The fraction of sp³-hybridized carbons (Fsp3) is 0.526. The number of nitrogens with zero attached hydrogens (tertiary/aromatic N) is 3. The Bertz CT molecular complexity index is 763. The van der Waals surface area contributed by atoms with Gasteiger partial charge in [-0.15, -0.1) is 0 Å². The maximum absolute atomic E-state index is 13.1. The van der Waals surface area contributed by atoms with Gasteiger partial charge in [-0.25, -0.2) is 4.79 Å². The van der Waals surface area contributed by atoms with Gasteiger partial charge < -0.3 is 15.1 Å². The standard InChI is InChI=1S/C19H24N4O3/c1-13-11-17(24)20-7-10-21(13)19(26)23-9-6-14-12-15(4-5-16(14)23)22-8-2-3-18(22)25/h4-5,12-13H,2-3,6-11H2,1H3,(H,20,24). The van der Waals surface area contributed by atoms with Crippen molar-refractivity contribution in [2.75, 3.05) is 36.0 Å². The number of carbonyl (C=O) groups excluding carboxylic acids is 3. The predicted molar refractivity (Wildman–Crippen MR) is 98.3 cm³/mol. The van der Waals surface area contributed by atoms with E-state index in [9.17, 15) is 14.4 Å². The molecule has 1 atom stereocenters. The molecule has 3 aliphatic heterocycles. The topological polar surface area (TPSA) is 73.0 Å². The molecular formula is C19H24N4O3. The van der Waals surface area contributed by atoms with Crippen LogP contribution in [0, 0.1) is 0 Å². The van der Waals surface area contributed by atoms with Crippen LogP contribution in [0.15, 0.2) is 18.2 Å². The number of nitrogens with one attached hydrogen (secondary N) is 1. The lowest BCUT2D eigenvalue weighted by Gasteiger charge is -2.31. The van der Waals surface area contributed by atoms with Gasteiger partial charge in [-0.1, -0.05) is 0 Å². The second kappa shape index (κ2) is 6.63. The smallest absolute Gasteiger partial charge is 0.324 e. The molecule has 1 N–H and O–H groups in total. The quantitative estimate of drug-likeness (QED) is 0.829. The molecule has 3 heterocycles. The molecule has 0 saturated carbocycles. The Morgan fingerprint density at radius 3 is 2.77 bits per heavy atom. The lowest BCUT2D eigenvalue weighted by molar-refractivity contribution is -0.121. The lowest BCUT2D eigenvalue weighted by atomic mass is 10.1. The highest BCUT2D eigenvalue weighted by molar-refractivity contribution is 5.98. The van der Waals surface area contributed by atoms with Gasteiger partial charge in [0.25, 0.3) is 0 Å². The largest absolute Gasteiger partial charge is 0.354 e. The van der Waals surface area contributed by atoms with Crippen molar-refractivity contribution >= 4 is 29.2 Å². The van der Waals surface area contributed by atoms with Crippen molar-refractivity contribution in [3.05, 3.63) is 23.8 Å². The van der Waals surface area contributed by atoms with E-state index < -0.39 is 0 Å². The van der Waals surface area contributed by atoms with Crippen LogP contribution in [-0.2, 0) is 16.0 Å². The summed E-state index contributed by atoms with van der Waals surface area (Å²) < 4.78 is 0. The highest BCUT2D eigenvalue weighted by Gasteiger charge is 2.33. The third-order valence-corrected chi connectivity index (χ3v) is 5.51. The van der Waals surface area contributed by atoms with Gasteiger partial charge in [-0.05, 0) is 43.5 Å². The van der Waals surface area contributed by atoms with Crippen molar-refractivity contribution in [3.8, 4) is 0 Å². The maximum atomic E-state index is 13.1. The van der Waals surface area contributed by atoms with E-state index in [1.165, 1.54) is 0 Å². The van der Waals surface area contributed by atoms with Crippen molar-refractivity contribution in [1.82, 2.24) is 10.2 Å². The zero-order valence-electron chi connectivity index (χ0n) is 15.0. The SMILES string of the molecule is CC1CC(=O)NCCN1C(=O)N1CCc2cc(N3CCCC3=O)ccc21. The number of hydrogen-bond acceptors (Lipinski definition) is 3. The van der Waals surface area contributed by atoms with Crippen LogP contribution in [0.2, 0.25) is 0 Å². The van der Waals surface area contributed by atoms with E-state index in [2.05, 4.69) is 5.32 Å². The van der Waals surface area contributed by atoms with Crippen LogP contribution in [0.3, 0.4) is 0 Å². The minimum atomic E-state index is -0.115. The summed E-state index contributed by atoms with van der Waals surface area (Å²) in [5.41, 5.74) is 2.95. The van der Waals surface area contributed by atoms with E-state index in [0.717, 1.165) is 36.3 Å². The first-order chi connectivity index (χ1) is 12.5. The van der Waals surface area contributed by atoms with E-state index in [0.29, 0.717) is 32.5 Å². The fourth-order valence-electron chi connectivity index (χ4n) is 4.10. The number of fused-ring (bicyclic) bond motifs is 1. The summed E-state index contributed by atoms with van der Waals surface area (Å²) in [5.74, 6) is 0.168. The van der Waals surface area contributed by atoms with Crippen LogP contribution in [0.5, 0.6) is 0 Å². The Hall–Kier alpha value is -2.57. The van der Waals surface area contributed by atoms with Crippen molar-refractivity contribution in [2.45, 2.75) is 38.6 Å². The molecular weight excluding hydrogens is 332 g/mol. The van der Waals surface area contributed by atoms with Gasteiger partial charge in [0, 0.05) is 56.4 Å². The summed E-state index contributed by atoms with van der Waals surface area (Å²) in [5, 5.41) is 2.82. The van der Waals surface area contributed by atoms with Crippen LogP contribution < -0.4 is 15.1 Å². The van der Waals surface area contributed by atoms with E-state index in [4.69, 9.17) is 0 Å². The van der Waals surface area contributed by atoms with E-state index in [1.54, 1.807) is 9.80 Å². The van der Waals surface area contributed by atoms with E-state index in [1.807, 2.05) is 30.0 Å². The van der Waals surface area contributed by atoms with Crippen LogP contribution in [0.1, 0.15) is 31.7 Å². The number of benzene rings is 1. The number of amides is 4. The minimum Gasteiger partial charge on any atom is -0.354 e. The highest BCUT2D eigenvalue weighted by atomic mass is 16.2. The number of urea groups is 1. The number of rotatable bonds is 1. The highest BCUT2D eigenvalue weighted by Crippen LogP contribution is 2.34. The Balaban J connectivity index is 1.55. The lowest BCUT2D eigenvalue weighted by Crippen LogP contribution is -2.47. The van der Waals surface area contributed by atoms with Gasteiger partial charge in [0.1, 0.15) is 0 Å². The average Bonchev–Trinajstić information content (AvgIpc) is 3.19. The predicted octanol–water partition coefficient (Wildman–Crippen LogP) is 1.51. The van der Waals surface area contributed by atoms with Crippen molar-refractivity contribution in [3.63, 3.8) is 0 Å². The molecule has 0 aliphatic carbocycles. The van der Waals surface area contributed by atoms with Crippen molar-refractivity contribution in [1.29, 1.82) is 0 Å². The summed E-state index contributed by atoms with van der Waals surface area (Å²) >= 11 is 0. The van der Waals surface area contributed by atoms with Crippen LogP contribution in [-0.4, -0.2) is 55.0 Å². The summed E-state index contributed by atoms with van der Waals surface area (Å²) in [6, 6.07) is 5.77. The molecule has 7 nitrogen and oxygen atoms in total. The van der Waals surface area contributed by atoms with Crippen LogP contribution in [0.4, 0.5) is 16.2 Å². The summed E-state index contributed by atoms with van der Waals surface area (Å²) in [6.07, 6.45) is 2.64. The first-order valence-electron chi connectivity index (χ1n) is 9.33. The average molecular weight is 356 g/mol. The molecule has 2 saturated heterocycles. The first-order valence-corrected chi connectivity index (χ1v) is 9.33. The normalized spacial score (nSPS) is 23.1. The molecule has 4 rings (SSSR count). The zero-order chi connectivity index (χ0) is 18.3. The maximum Gasteiger partial charge on any atom is 0.324 e.